The van der Waals surface area contributed by atoms with Crippen molar-refractivity contribution in [3.63, 3.8) is 0 Å². The van der Waals surface area contributed by atoms with Crippen molar-refractivity contribution in [1.82, 2.24) is 10.2 Å². The Bertz CT molecular complexity index is 353. The molecule has 1 rings (SSSR count). The second kappa shape index (κ2) is 5.90. The average molecular weight is 270 g/mol. The molecule has 1 saturated heterocycles. The molecule has 2 atom stereocenters. The Morgan fingerprint density at radius 1 is 1.32 bits per heavy atom. The zero-order valence-electron chi connectivity index (χ0n) is 12.8. The quantitative estimate of drug-likeness (QED) is 0.816. The summed E-state index contributed by atoms with van der Waals surface area (Å²) in [6, 6.07) is -0.503. The molecule has 0 aromatic rings. The predicted octanol–water partition coefficient (Wildman–Crippen LogP) is 1.17. The number of piperazine rings is 1. The summed E-state index contributed by atoms with van der Waals surface area (Å²) in [6.45, 7) is 9.94. The van der Waals surface area contributed by atoms with Crippen LogP contribution in [0.2, 0.25) is 0 Å². The third kappa shape index (κ3) is 3.47. The SMILES string of the molecule is COCC(C)N1C(=O)C(C)(C)NC(=O)C1CC(C)C. The first-order chi connectivity index (χ1) is 8.70. The number of carbonyl (C=O) groups is 2. The van der Waals surface area contributed by atoms with Gasteiger partial charge in [0.2, 0.25) is 11.8 Å². The number of rotatable bonds is 5. The summed E-state index contributed by atoms with van der Waals surface area (Å²) in [7, 11) is 1.60. The van der Waals surface area contributed by atoms with Crippen LogP contribution >= 0.6 is 0 Å². The summed E-state index contributed by atoms with van der Waals surface area (Å²) in [4.78, 5) is 26.5. The third-order valence-electron chi connectivity index (χ3n) is 3.42. The monoisotopic (exact) mass is 270 g/mol. The lowest BCUT2D eigenvalue weighted by Crippen LogP contribution is -2.70. The highest BCUT2D eigenvalue weighted by Gasteiger charge is 2.46. The predicted molar refractivity (Wildman–Crippen MR) is 73.6 cm³/mol. The van der Waals surface area contributed by atoms with Crippen LogP contribution in [0.4, 0.5) is 0 Å². The van der Waals surface area contributed by atoms with Crippen LogP contribution < -0.4 is 5.32 Å². The Morgan fingerprint density at radius 3 is 2.37 bits per heavy atom. The van der Waals surface area contributed by atoms with E-state index in [-0.39, 0.29) is 17.9 Å². The maximum Gasteiger partial charge on any atom is 0.248 e. The van der Waals surface area contributed by atoms with Crippen LogP contribution in [0.25, 0.3) is 0 Å². The van der Waals surface area contributed by atoms with Gasteiger partial charge in [-0.2, -0.15) is 0 Å². The van der Waals surface area contributed by atoms with Gasteiger partial charge in [0.25, 0.3) is 0 Å². The largest absolute Gasteiger partial charge is 0.383 e. The maximum absolute atomic E-state index is 12.6. The molecule has 0 saturated carbocycles. The molecular formula is C14H26N2O3. The van der Waals surface area contributed by atoms with Gasteiger partial charge >= 0.3 is 0 Å². The van der Waals surface area contributed by atoms with Crippen molar-refractivity contribution in [2.45, 2.75) is 58.7 Å². The van der Waals surface area contributed by atoms with Gasteiger partial charge in [-0.05, 0) is 33.1 Å². The fraction of sp³-hybridized carbons (Fsp3) is 0.857. The number of ether oxygens (including phenoxy) is 1. The molecule has 1 aliphatic rings. The van der Waals surface area contributed by atoms with E-state index in [2.05, 4.69) is 19.2 Å². The minimum atomic E-state index is -0.841. The Morgan fingerprint density at radius 2 is 1.89 bits per heavy atom. The van der Waals surface area contributed by atoms with Gasteiger partial charge < -0.3 is 15.0 Å². The fourth-order valence-electron chi connectivity index (χ4n) is 2.53. The number of hydrogen-bond acceptors (Lipinski definition) is 3. The van der Waals surface area contributed by atoms with E-state index in [1.807, 2.05) is 6.92 Å². The van der Waals surface area contributed by atoms with Crippen LogP contribution in [0.3, 0.4) is 0 Å². The van der Waals surface area contributed by atoms with Gasteiger partial charge in [-0.3, -0.25) is 9.59 Å². The van der Waals surface area contributed by atoms with E-state index < -0.39 is 11.6 Å². The molecule has 0 aromatic carbocycles. The molecule has 5 heteroatoms. The molecule has 19 heavy (non-hydrogen) atoms. The van der Waals surface area contributed by atoms with Crippen molar-refractivity contribution in [1.29, 1.82) is 0 Å². The van der Waals surface area contributed by atoms with Gasteiger partial charge in [-0.1, -0.05) is 13.8 Å². The smallest absolute Gasteiger partial charge is 0.248 e. The summed E-state index contributed by atoms with van der Waals surface area (Å²) in [5.74, 6) is 0.241. The van der Waals surface area contributed by atoms with Crippen molar-refractivity contribution >= 4 is 11.8 Å². The van der Waals surface area contributed by atoms with E-state index in [1.54, 1.807) is 25.9 Å². The highest BCUT2D eigenvalue weighted by Crippen LogP contribution is 2.24. The molecule has 1 heterocycles. The summed E-state index contributed by atoms with van der Waals surface area (Å²) in [5.41, 5.74) is -0.841. The van der Waals surface area contributed by atoms with Gasteiger partial charge in [0.05, 0.1) is 12.6 Å². The standard InChI is InChI=1S/C14H26N2O3/c1-9(2)7-11-12(17)15-14(4,5)13(18)16(11)10(3)8-19-6/h9-11H,7-8H2,1-6H3,(H,15,17). The second-order valence-electron chi connectivity index (χ2n) is 6.28. The van der Waals surface area contributed by atoms with Gasteiger partial charge in [-0.25, -0.2) is 0 Å². The number of amides is 2. The molecule has 110 valence electrons. The Balaban J connectivity index is 3.04. The van der Waals surface area contributed by atoms with Gasteiger partial charge in [-0.15, -0.1) is 0 Å². The van der Waals surface area contributed by atoms with Crippen molar-refractivity contribution in [3.8, 4) is 0 Å². The third-order valence-corrected chi connectivity index (χ3v) is 3.42. The molecule has 5 nitrogen and oxygen atoms in total. The number of nitrogens with one attached hydrogen (secondary N) is 1. The van der Waals surface area contributed by atoms with E-state index in [4.69, 9.17) is 4.74 Å². The molecule has 0 aromatic heterocycles. The minimum absolute atomic E-state index is 0.0395. The van der Waals surface area contributed by atoms with Crippen LogP contribution in [-0.2, 0) is 14.3 Å². The van der Waals surface area contributed by atoms with Crippen molar-refractivity contribution in [2.24, 2.45) is 5.92 Å². The lowest BCUT2D eigenvalue weighted by atomic mass is 9.91. The molecule has 0 aliphatic carbocycles. The first-order valence-corrected chi connectivity index (χ1v) is 6.84. The zero-order chi connectivity index (χ0) is 14.8. The highest BCUT2D eigenvalue weighted by molar-refractivity contribution is 5.99. The molecule has 0 bridgehead atoms. The molecule has 0 radical (unpaired) electrons. The molecule has 1 N–H and O–H groups in total. The molecule has 2 amide bonds. The number of methoxy groups -OCH3 is 1. The molecule has 1 aliphatic heterocycles. The molecular weight excluding hydrogens is 244 g/mol. The number of carbonyl (C=O) groups excluding carboxylic acids is 2. The highest BCUT2D eigenvalue weighted by atomic mass is 16.5. The normalized spacial score (nSPS) is 24.6. The van der Waals surface area contributed by atoms with E-state index in [1.165, 1.54) is 0 Å². The lowest BCUT2D eigenvalue weighted by Gasteiger charge is -2.46. The van der Waals surface area contributed by atoms with Crippen molar-refractivity contribution in [3.05, 3.63) is 0 Å². The van der Waals surface area contributed by atoms with E-state index >= 15 is 0 Å². The van der Waals surface area contributed by atoms with Crippen LogP contribution in [0.15, 0.2) is 0 Å². The minimum Gasteiger partial charge on any atom is -0.383 e. The van der Waals surface area contributed by atoms with Gasteiger partial charge in [0, 0.05) is 7.11 Å². The van der Waals surface area contributed by atoms with Crippen LogP contribution in [0.1, 0.15) is 41.0 Å². The van der Waals surface area contributed by atoms with Crippen LogP contribution in [0.5, 0.6) is 0 Å². The first kappa shape index (κ1) is 16.0. The molecule has 1 fully saturated rings. The fourth-order valence-corrected chi connectivity index (χ4v) is 2.53. The summed E-state index contributed by atoms with van der Waals surface area (Å²) < 4.78 is 5.14. The summed E-state index contributed by atoms with van der Waals surface area (Å²) in [5, 5.41) is 2.82. The van der Waals surface area contributed by atoms with E-state index in [0.717, 1.165) is 0 Å². The molecule has 2 unspecified atom stereocenters. The van der Waals surface area contributed by atoms with E-state index in [0.29, 0.717) is 18.9 Å². The summed E-state index contributed by atoms with van der Waals surface area (Å²) in [6.07, 6.45) is 0.668. The topological polar surface area (TPSA) is 58.6 Å². The average Bonchev–Trinajstić information content (AvgIpc) is 2.25. The van der Waals surface area contributed by atoms with E-state index in [9.17, 15) is 9.59 Å². The van der Waals surface area contributed by atoms with Crippen LogP contribution in [0, 0.1) is 5.92 Å². The zero-order valence-corrected chi connectivity index (χ0v) is 12.8. The number of nitrogens with zero attached hydrogens (tertiary/aromatic N) is 1. The van der Waals surface area contributed by atoms with Gasteiger partial charge in [0.15, 0.2) is 0 Å². The van der Waals surface area contributed by atoms with Crippen molar-refractivity contribution in [2.75, 3.05) is 13.7 Å². The van der Waals surface area contributed by atoms with Crippen molar-refractivity contribution < 1.29 is 14.3 Å². The lowest BCUT2D eigenvalue weighted by molar-refractivity contribution is -0.158. The first-order valence-electron chi connectivity index (χ1n) is 6.84. The maximum atomic E-state index is 12.6. The van der Waals surface area contributed by atoms with Gasteiger partial charge in [0.1, 0.15) is 11.6 Å². The number of hydrogen-bond donors (Lipinski definition) is 1. The summed E-state index contributed by atoms with van der Waals surface area (Å²) >= 11 is 0. The Hall–Kier alpha value is -1.10. The second-order valence-corrected chi connectivity index (χ2v) is 6.28. The Kier molecular flexibility index (Phi) is 4.96. The Labute approximate surface area is 115 Å². The molecule has 0 spiro atoms. The van der Waals surface area contributed by atoms with Crippen LogP contribution in [-0.4, -0.2) is 48.1 Å².